The minimum atomic E-state index is -0.813. The van der Waals surface area contributed by atoms with Crippen LogP contribution in [0.15, 0.2) is 30.3 Å². The van der Waals surface area contributed by atoms with Crippen LogP contribution in [0.3, 0.4) is 0 Å². The minimum Gasteiger partial charge on any atom is -0.368 e. The van der Waals surface area contributed by atoms with E-state index in [1.807, 2.05) is 30.3 Å². The molecular formula is C17H22N2O4. The summed E-state index contributed by atoms with van der Waals surface area (Å²) in [6.45, 7) is 0.163. The number of carbonyl (C=O) groups is 3. The summed E-state index contributed by atoms with van der Waals surface area (Å²) in [6.07, 6.45) is 2.27. The van der Waals surface area contributed by atoms with Crippen LogP contribution in [-0.4, -0.2) is 30.2 Å². The van der Waals surface area contributed by atoms with Crippen LogP contribution in [0.1, 0.15) is 31.2 Å². The smallest absolute Gasteiger partial charge is 0.246 e. The number of ketones is 1. The third kappa shape index (κ3) is 5.49. The number of amides is 2. The molecule has 1 fully saturated rings. The van der Waals surface area contributed by atoms with Crippen molar-refractivity contribution >= 4 is 17.6 Å². The first-order chi connectivity index (χ1) is 11.1. The number of Topliss-reactive ketones (excluding diaryl/α,β-unsaturated/α-hetero) is 1. The third-order valence-electron chi connectivity index (χ3n) is 3.96. The largest absolute Gasteiger partial charge is 0.368 e. The predicted octanol–water partition coefficient (Wildman–Crippen LogP) is 0.933. The first kappa shape index (κ1) is 17.1. The van der Waals surface area contributed by atoms with Crippen LogP contribution < -0.4 is 11.1 Å². The maximum absolute atomic E-state index is 11.9. The van der Waals surface area contributed by atoms with Gasteiger partial charge in [-0.15, -0.1) is 0 Å². The SMILES string of the molecule is NC(=O)[C@@H](NC(=O)COCc1ccccc1)[C@@H]1CCCC(=O)C1. The van der Waals surface area contributed by atoms with Crippen LogP contribution in [0.2, 0.25) is 0 Å². The van der Waals surface area contributed by atoms with E-state index in [1.165, 1.54) is 0 Å². The number of rotatable bonds is 7. The molecule has 6 heteroatoms. The van der Waals surface area contributed by atoms with Crippen molar-refractivity contribution in [3.05, 3.63) is 35.9 Å². The standard InChI is InChI=1S/C17H22N2O4/c18-17(22)16(13-7-4-8-14(20)9-13)19-15(21)11-23-10-12-5-2-1-3-6-12/h1-3,5-6,13,16H,4,7-11H2,(H2,18,22)(H,19,21)/t13-,16+/m1/s1. The zero-order chi connectivity index (χ0) is 16.7. The van der Waals surface area contributed by atoms with Crippen molar-refractivity contribution in [1.82, 2.24) is 5.32 Å². The van der Waals surface area contributed by atoms with Crippen LogP contribution in [-0.2, 0) is 25.7 Å². The van der Waals surface area contributed by atoms with E-state index in [9.17, 15) is 14.4 Å². The molecule has 0 bridgehead atoms. The molecule has 1 aliphatic rings. The average Bonchev–Trinajstić information content (AvgIpc) is 2.53. The zero-order valence-electron chi connectivity index (χ0n) is 13.0. The molecule has 0 spiro atoms. The lowest BCUT2D eigenvalue weighted by atomic mass is 9.83. The highest BCUT2D eigenvalue weighted by Crippen LogP contribution is 2.24. The van der Waals surface area contributed by atoms with Crippen LogP contribution in [0.5, 0.6) is 0 Å². The molecule has 6 nitrogen and oxygen atoms in total. The molecule has 0 heterocycles. The summed E-state index contributed by atoms with van der Waals surface area (Å²) < 4.78 is 5.34. The average molecular weight is 318 g/mol. The molecule has 23 heavy (non-hydrogen) atoms. The van der Waals surface area contributed by atoms with Gasteiger partial charge in [-0.2, -0.15) is 0 Å². The lowest BCUT2D eigenvalue weighted by molar-refractivity contribution is -0.133. The Morgan fingerprint density at radius 1 is 1.30 bits per heavy atom. The van der Waals surface area contributed by atoms with Gasteiger partial charge in [-0.1, -0.05) is 30.3 Å². The van der Waals surface area contributed by atoms with Gasteiger partial charge in [-0.05, 0) is 24.3 Å². The molecule has 2 rings (SSSR count). The molecule has 124 valence electrons. The summed E-state index contributed by atoms with van der Waals surface area (Å²) >= 11 is 0. The fraction of sp³-hybridized carbons (Fsp3) is 0.471. The highest BCUT2D eigenvalue weighted by Gasteiger charge is 2.31. The highest BCUT2D eigenvalue weighted by atomic mass is 16.5. The lowest BCUT2D eigenvalue weighted by Gasteiger charge is -2.28. The van der Waals surface area contributed by atoms with Crippen molar-refractivity contribution in [3.8, 4) is 0 Å². The number of benzene rings is 1. The van der Waals surface area contributed by atoms with Crippen molar-refractivity contribution in [1.29, 1.82) is 0 Å². The number of hydrogen-bond acceptors (Lipinski definition) is 4. The van der Waals surface area contributed by atoms with Crippen LogP contribution in [0.4, 0.5) is 0 Å². The molecule has 1 aliphatic carbocycles. The predicted molar refractivity (Wildman–Crippen MR) is 84.2 cm³/mol. The van der Waals surface area contributed by atoms with Gasteiger partial charge >= 0.3 is 0 Å². The summed E-state index contributed by atoms with van der Waals surface area (Å²) in [5.41, 5.74) is 6.34. The van der Waals surface area contributed by atoms with Gasteiger partial charge in [-0.3, -0.25) is 14.4 Å². The Balaban J connectivity index is 1.81. The van der Waals surface area contributed by atoms with Crippen LogP contribution in [0, 0.1) is 5.92 Å². The number of ether oxygens (including phenoxy) is 1. The van der Waals surface area contributed by atoms with E-state index in [1.54, 1.807) is 0 Å². The fourth-order valence-electron chi connectivity index (χ4n) is 2.81. The van der Waals surface area contributed by atoms with Gasteiger partial charge < -0.3 is 15.8 Å². The Morgan fingerprint density at radius 2 is 2.04 bits per heavy atom. The van der Waals surface area contributed by atoms with E-state index < -0.39 is 17.9 Å². The number of hydrogen-bond donors (Lipinski definition) is 2. The monoisotopic (exact) mass is 318 g/mol. The lowest BCUT2D eigenvalue weighted by Crippen LogP contribution is -2.51. The normalized spacial score (nSPS) is 19.1. The van der Waals surface area contributed by atoms with Crippen molar-refractivity contribution in [2.75, 3.05) is 6.61 Å². The topological polar surface area (TPSA) is 98.5 Å². The number of nitrogens with two attached hydrogens (primary N) is 1. The van der Waals surface area contributed by atoms with Crippen LogP contribution in [0.25, 0.3) is 0 Å². The van der Waals surface area contributed by atoms with Crippen molar-refractivity contribution in [2.24, 2.45) is 11.7 Å². The molecule has 0 saturated heterocycles. The van der Waals surface area contributed by atoms with E-state index >= 15 is 0 Å². The van der Waals surface area contributed by atoms with Crippen LogP contribution >= 0.6 is 0 Å². The Hall–Kier alpha value is -2.21. The molecule has 0 aromatic heterocycles. The maximum atomic E-state index is 11.9. The Bertz CT molecular complexity index is 559. The third-order valence-corrected chi connectivity index (χ3v) is 3.96. The van der Waals surface area contributed by atoms with Gasteiger partial charge in [0.05, 0.1) is 6.61 Å². The van der Waals surface area contributed by atoms with E-state index in [2.05, 4.69) is 5.32 Å². The molecule has 1 aromatic carbocycles. The second kappa shape index (κ2) is 8.43. The maximum Gasteiger partial charge on any atom is 0.246 e. The summed E-state index contributed by atoms with van der Waals surface area (Å²) in [7, 11) is 0. The van der Waals surface area contributed by atoms with Gasteiger partial charge in [0.2, 0.25) is 11.8 Å². The summed E-state index contributed by atoms with van der Waals surface area (Å²) in [4.78, 5) is 35.1. The second-order valence-corrected chi connectivity index (χ2v) is 5.82. The van der Waals surface area contributed by atoms with E-state index in [4.69, 9.17) is 10.5 Å². The van der Waals surface area contributed by atoms with E-state index in [0.717, 1.165) is 12.0 Å². The first-order valence-electron chi connectivity index (χ1n) is 7.78. The molecule has 3 N–H and O–H groups in total. The Labute approximate surface area is 135 Å². The Kier molecular flexibility index (Phi) is 6.29. The van der Waals surface area contributed by atoms with Crippen molar-refractivity contribution < 1.29 is 19.1 Å². The zero-order valence-corrected chi connectivity index (χ0v) is 13.0. The number of primary amides is 1. The van der Waals surface area contributed by atoms with Gasteiger partial charge in [0, 0.05) is 12.8 Å². The highest BCUT2D eigenvalue weighted by molar-refractivity contribution is 5.88. The van der Waals surface area contributed by atoms with E-state index in [-0.39, 0.29) is 18.3 Å². The molecule has 0 aliphatic heterocycles. The molecule has 0 unspecified atom stereocenters. The molecule has 1 saturated carbocycles. The van der Waals surface area contributed by atoms with Crippen molar-refractivity contribution in [2.45, 2.75) is 38.3 Å². The number of nitrogens with one attached hydrogen (secondary N) is 1. The molecule has 2 atom stereocenters. The summed E-state index contributed by atoms with van der Waals surface area (Å²) in [5, 5.41) is 2.60. The van der Waals surface area contributed by atoms with Crippen molar-refractivity contribution in [3.63, 3.8) is 0 Å². The van der Waals surface area contributed by atoms with Gasteiger partial charge in [0.1, 0.15) is 18.4 Å². The first-order valence-corrected chi connectivity index (χ1v) is 7.78. The van der Waals surface area contributed by atoms with E-state index in [0.29, 0.717) is 25.9 Å². The Morgan fingerprint density at radius 3 is 2.70 bits per heavy atom. The van der Waals surface area contributed by atoms with Gasteiger partial charge in [-0.25, -0.2) is 0 Å². The fourth-order valence-corrected chi connectivity index (χ4v) is 2.81. The summed E-state index contributed by atoms with van der Waals surface area (Å²) in [6, 6.07) is 8.67. The molecule has 0 radical (unpaired) electrons. The van der Waals surface area contributed by atoms with Gasteiger partial charge in [0.25, 0.3) is 0 Å². The molecule has 1 aromatic rings. The van der Waals surface area contributed by atoms with Gasteiger partial charge in [0.15, 0.2) is 0 Å². The molecule has 2 amide bonds. The quantitative estimate of drug-likeness (QED) is 0.781. The summed E-state index contributed by atoms with van der Waals surface area (Å²) in [5.74, 6) is -1.11. The minimum absolute atomic E-state index is 0.113. The second-order valence-electron chi connectivity index (χ2n) is 5.82. The number of carbonyl (C=O) groups excluding carboxylic acids is 3. The molecular weight excluding hydrogens is 296 g/mol.